The molecule has 0 aliphatic rings. The molecule has 16 heavy (non-hydrogen) atoms. The van der Waals surface area contributed by atoms with Crippen LogP contribution in [0.3, 0.4) is 0 Å². The first kappa shape index (κ1) is 11.2. The van der Waals surface area contributed by atoms with Gasteiger partial charge in [0.05, 0.1) is 0 Å². The second kappa shape index (κ2) is 4.28. The molecule has 1 unspecified atom stereocenters. The first-order valence-electron chi connectivity index (χ1n) is 4.78. The lowest BCUT2D eigenvalue weighted by atomic mass is 10.1. The van der Waals surface area contributed by atoms with E-state index in [0.717, 1.165) is 0 Å². The van der Waals surface area contributed by atoms with Gasteiger partial charge in [0.1, 0.15) is 16.9 Å². The van der Waals surface area contributed by atoms with Crippen LogP contribution in [-0.2, 0) is 0 Å². The van der Waals surface area contributed by atoms with Crippen LogP contribution in [0.4, 0.5) is 4.39 Å². The van der Waals surface area contributed by atoms with Crippen molar-refractivity contribution in [3.63, 3.8) is 0 Å². The number of rotatable bonds is 2. The summed E-state index contributed by atoms with van der Waals surface area (Å²) in [6.07, 6.45) is -1.04. The largest absolute Gasteiger partial charge is 0.458 e. The lowest BCUT2D eigenvalue weighted by Gasteiger charge is -2.07. The van der Waals surface area contributed by atoms with E-state index < -0.39 is 11.9 Å². The molecule has 0 fully saturated rings. The van der Waals surface area contributed by atoms with Gasteiger partial charge in [0.25, 0.3) is 0 Å². The summed E-state index contributed by atoms with van der Waals surface area (Å²) >= 11 is 5.73. The van der Waals surface area contributed by atoms with E-state index in [1.54, 1.807) is 24.3 Å². The van der Waals surface area contributed by atoms with E-state index in [2.05, 4.69) is 0 Å². The average Bonchev–Trinajstić information content (AvgIpc) is 2.57. The van der Waals surface area contributed by atoms with Gasteiger partial charge in [0.15, 0.2) is 11.6 Å². The minimum Gasteiger partial charge on any atom is -0.458 e. The molecule has 84 valence electrons. The Labute approximate surface area is 97.3 Å². The maximum absolute atomic E-state index is 13.3. The Bertz CT molecular complexity index is 493. The third-order valence-electron chi connectivity index (χ3n) is 2.34. The van der Waals surface area contributed by atoms with Crippen molar-refractivity contribution in [2.24, 2.45) is 0 Å². The predicted molar refractivity (Wildman–Crippen MR) is 58.9 cm³/mol. The van der Waals surface area contributed by atoms with Gasteiger partial charge in [-0.3, -0.25) is 0 Å². The fraction of sp³-hybridized carbons (Fsp3) is 0.167. The molecule has 0 aliphatic heterocycles. The first-order chi connectivity index (χ1) is 7.61. The number of aliphatic hydroxyl groups excluding tert-OH is 1. The summed E-state index contributed by atoms with van der Waals surface area (Å²) < 4.78 is 18.4. The summed E-state index contributed by atoms with van der Waals surface area (Å²) in [4.78, 5) is 0. The van der Waals surface area contributed by atoms with Crippen molar-refractivity contribution < 1.29 is 13.9 Å². The van der Waals surface area contributed by atoms with Crippen molar-refractivity contribution in [2.75, 3.05) is 0 Å². The van der Waals surface area contributed by atoms with Crippen molar-refractivity contribution >= 4 is 11.6 Å². The Kier molecular flexibility index (Phi) is 2.99. The van der Waals surface area contributed by atoms with E-state index in [1.165, 1.54) is 6.92 Å². The van der Waals surface area contributed by atoms with E-state index in [-0.39, 0.29) is 16.5 Å². The first-order valence-corrected chi connectivity index (χ1v) is 5.16. The summed E-state index contributed by atoms with van der Waals surface area (Å²) in [5.74, 6) is -0.496. The summed E-state index contributed by atoms with van der Waals surface area (Å²) in [5, 5.41) is 9.81. The molecular formula is C12H10ClFO2. The van der Waals surface area contributed by atoms with Gasteiger partial charge in [-0.1, -0.05) is 41.9 Å². The Morgan fingerprint density at radius 3 is 2.44 bits per heavy atom. The van der Waals surface area contributed by atoms with Crippen LogP contribution < -0.4 is 0 Å². The van der Waals surface area contributed by atoms with Crippen LogP contribution in [0.25, 0.3) is 0 Å². The third-order valence-corrected chi connectivity index (χ3v) is 2.70. The van der Waals surface area contributed by atoms with E-state index in [1.807, 2.05) is 6.07 Å². The minimum atomic E-state index is -1.04. The summed E-state index contributed by atoms with van der Waals surface area (Å²) in [5.41, 5.74) is 0.609. The van der Waals surface area contributed by atoms with Crippen molar-refractivity contribution in [3.8, 4) is 0 Å². The highest BCUT2D eigenvalue weighted by Crippen LogP contribution is 2.33. The molecule has 1 atom stereocenters. The van der Waals surface area contributed by atoms with E-state index in [0.29, 0.717) is 5.56 Å². The van der Waals surface area contributed by atoms with Crippen molar-refractivity contribution in [2.45, 2.75) is 13.0 Å². The maximum atomic E-state index is 13.3. The smallest absolute Gasteiger partial charge is 0.183 e. The quantitative estimate of drug-likeness (QED) is 0.872. The number of hydrogen-bond acceptors (Lipinski definition) is 2. The number of benzene rings is 1. The molecule has 0 spiro atoms. The standard InChI is InChI=1S/C12H10ClFO2/c1-7-10(14)9(13)12(16-7)11(15)8-5-3-2-4-6-8/h2-6,11,15H,1H3. The van der Waals surface area contributed by atoms with Crippen LogP contribution in [0, 0.1) is 12.7 Å². The Morgan fingerprint density at radius 1 is 1.31 bits per heavy atom. The van der Waals surface area contributed by atoms with E-state index in [9.17, 15) is 9.50 Å². The van der Waals surface area contributed by atoms with Crippen molar-refractivity contribution in [1.29, 1.82) is 0 Å². The molecule has 2 nitrogen and oxygen atoms in total. The monoisotopic (exact) mass is 240 g/mol. The zero-order chi connectivity index (χ0) is 11.7. The summed E-state index contributed by atoms with van der Waals surface area (Å²) in [6, 6.07) is 8.82. The molecular weight excluding hydrogens is 231 g/mol. The highest BCUT2D eigenvalue weighted by atomic mass is 35.5. The number of hydrogen-bond donors (Lipinski definition) is 1. The number of aliphatic hydroxyl groups is 1. The summed E-state index contributed by atoms with van der Waals surface area (Å²) in [6.45, 7) is 1.46. The lowest BCUT2D eigenvalue weighted by Crippen LogP contribution is -1.98. The number of halogens is 2. The molecule has 0 bridgehead atoms. The Balaban J connectivity index is 2.42. The predicted octanol–water partition coefficient (Wildman–Crippen LogP) is 3.46. The average molecular weight is 241 g/mol. The molecule has 0 aliphatic carbocycles. The highest BCUT2D eigenvalue weighted by molar-refractivity contribution is 6.31. The SMILES string of the molecule is Cc1oc(C(O)c2ccccc2)c(Cl)c1F. The number of aryl methyl sites for hydroxylation is 1. The zero-order valence-electron chi connectivity index (χ0n) is 8.58. The third kappa shape index (κ3) is 1.84. The van der Waals surface area contributed by atoms with Gasteiger partial charge < -0.3 is 9.52 Å². The van der Waals surface area contributed by atoms with Crippen LogP contribution in [-0.4, -0.2) is 5.11 Å². The minimum absolute atomic E-state index is 0.0443. The van der Waals surface area contributed by atoms with Crippen LogP contribution in [0.5, 0.6) is 0 Å². The topological polar surface area (TPSA) is 33.4 Å². The fourth-order valence-electron chi connectivity index (χ4n) is 1.48. The molecule has 0 amide bonds. The summed E-state index contributed by atoms with van der Waals surface area (Å²) in [7, 11) is 0. The van der Waals surface area contributed by atoms with Crippen molar-refractivity contribution in [3.05, 3.63) is 58.3 Å². The normalized spacial score (nSPS) is 12.8. The fourth-order valence-corrected chi connectivity index (χ4v) is 1.75. The molecule has 1 aromatic carbocycles. The van der Waals surface area contributed by atoms with Gasteiger partial charge in [0, 0.05) is 0 Å². The van der Waals surface area contributed by atoms with Gasteiger partial charge in [-0.05, 0) is 12.5 Å². The zero-order valence-corrected chi connectivity index (χ0v) is 9.33. The van der Waals surface area contributed by atoms with Gasteiger partial charge in [-0.15, -0.1) is 0 Å². The van der Waals surface area contributed by atoms with Crippen LogP contribution in [0.2, 0.25) is 5.02 Å². The lowest BCUT2D eigenvalue weighted by molar-refractivity contribution is 0.187. The molecule has 1 heterocycles. The van der Waals surface area contributed by atoms with Crippen LogP contribution in [0.1, 0.15) is 23.2 Å². The van der Waals surface area contributed by atoms with Crippen LogP contribution in [0.15, 0.2) is 34.7 Å². The maximum Gasteiger partial charge on any atom is 0.183 e. The van der Waals surface area contributed by atoms with Crippen molar-refractivity contribution in [1.82, 2.24) is 0 Å². The highest BCUT2D eigenvalue weighted by Gasteiger charge is 2.23. The van der Waals surface area contributed by atoms with Gasteiger partial charge in [-0.25, -0.2) is 4.39 Å². The van der Waals surface area contributed by atoms with E-state index in [4.69, 9.17) is 16.0 Å². The molecule has 2 rings (SSSR count). The van der Waals surface area contributed by atoms with Gasteiger partial charge in [-0.2, -0.15) is 0 Å². The van der Waals surface area contributed by atoms with Gasteiger partial charge >= 0.3 is 0 Å². The van der Waals surface area contributed by atoms with E-state index >= 15 is 0 Å². The molecule has 1 N–H and O–H groups in total. The molecule has 2 aromatic rings. The van der Waals surface area contributed by atoms with Crippen LogP contribution >= 0.6 is 11.6 Å². The molecule has 0 saturated carbocycles. The van der Waals surface area contributed by atoms with Gasteiger partial charge in [0.2, 0.25) is 0 Å². The Hall–Kier alpha value is -1.32. The second-order valence-electron chi connectivity index (χ2n) is 3.46. The molecule has 1 aromatic heterocycles. The number of furan rings is 1. The second-order valence-corrected chi connectivity index (χ2v) is 3.84. The Morgan fingerprint density at radius 2 is 1.94 bits per heavy atom. The molecule has 0 radical (unpaired) electrons. The molecule has 0 saturated heterocycles. The molecule has 4 heteroatoms.